The van der Waals surface area contributed by atoms with Crippen LogP contribution < -0.4 is 9.47 Å². The van der Waals surface area contributed by atoms with E-state index in [0.717, 1.165) is 37.2 Å². The smallest absolute Gasteiger partial charge is 0.161 e. The van der Waals surface area contributed by atoms with Gasteiger partial charge in [-0.2, -0.15) is 0 Å². The van der Waals surface area contributed by atoms with Crippen molar-refractivity contribution in [3.05, 3.63) is 24.3 Å². The highest BCUT2D eigenvalue weighted by molar-refractivity contribution is 5.39. The van der Waals surface area contributed by atoms with Gasteiger partial charge in [0, 0.05) is 0 Å². The summed E-state index contributed by atoms with van der Waals surface area (Å²) in [4.78, 5) is 0. The third-order valence-electron chi connectivity index (χ3n) is 3.52. The number of hydrogen-bond acceptors (Lipinski definition) is 3. The van der Waals surface area contributed by atoms with Crippen molar-refractivity contribution in [3.63, 3.8) is 0 Å². The van der Waals surface area contributed by atoms with Crippen LogP contribution in [0.4, 0.5) is 0 Å². The van der Waals surface area contributed by atoms with Crippen molar-refractivity contribution in [1.29, 1.82) is 0 Å². The second-order valence-corrected chi connectivity index (χ2v) is 4.87. The van der Waals surface area contributed by atoms with Crippen LogP contribution in [0, 0.1) is 0 Å². The molecule has 2 unspecified atom stereocenters. The lowest BCUT2D eigenvalue weighted by Crippen LogP contribution is -2.32. The van der Waals surface area contributed by atoms with E-state index in [1.54, 1.807) is 7.11 Å². The molecular formula is C15H22O3. The van der Waals surface area contributed by atoms with Crippen molar-refractivity contribution in [1.82, 2.24) is 0 Å². The monoisotopic (exact) mass is 250 g/mol. The first-order valence-corrected chi connectivity index (χ1v) is 6.79. The van der Waals surface area contributed by atoms with E-state index in [0.29, 0.717) is 0 Å². The zero-order valence-corrected chi connectivity index (χ0v) is 11.0. The summed E-state index contributed by atoms with van der Waals surface area (Å²) in [6.07, 6.45) is 5.94. The molecule has 2 atom stereocenters. The lowest BCUT2D eigenvalue weighted by Gasteiger charge is -2.26. The number of methoxy groups -OCH3 is 1. The van der Waals surface area contributed by atoms with Crippen molar-refractivity contribution in [2.75, 3.05) is 7.11 Å². The number of ether oxygens (including phenoxy) is 2. The van der Waals surface area contributed by atoms with Gasteiger partial charge in [-0.05, 0) is 31.4 Å². The molecule has 0 radical (unpaired) electrons. The minimum absolute atomic E-state index is 0.110. The molecule has 0 spiro atoms. The maximum Gasteiger partial charge on any atom is 0.161 e. The van der Waals surface area contributed by atoms with Gasteiger partial charge in [0.25, 0.3) is 0 Å². The highest BCUT2D eigenvalue weighted by Crippen LogP contribution is 2.29. The Hall–Kier alpha value is -1.22. The normalized spacial score (nSPS) is 25.0. The summed E-state index contributed by atoms with van der Waals surface area (Å²) >= 11 is 0. The number of rotatable bonds is 3. The minimum Gasteiger partial charge on any atom is -0.493 e. The Bertz CT molecular complexity index is 365. The number of aliphatic hydroxyl groups excluding tert-OH is 1. The van der Waals surface area contributed by atoms with Crippen LogP contribution >= 0.6 is 0 Å². The fourth-order valence-electron chi connectivity index (χ4n) is 2.45. The van der Waals surface area contributed by atoms with Crippen LogP contribution in [-0.2, 0) is 0 Å². The van der Waals surface area contributed by atoms with Gasteiger partial charge in [-0.3, -0.25) is 0 Å². The van der Waals surface area contributed by atoms with Crippen molar-refractivity contribution in [2.24, 2.45) is 0 Å². The fraction of sp³-hybridized carbons (Fsp3) is 0.600. The molecule has 0 saturated heterocycles. The molecule has 1 aliphatic rings. The topological polar surface area (TPSA) is 38.7 Å². The number of hydrogen-bond donors (Lipinski definition) is 1. The highest BCUT2D eigenvalue weighted by atomic mass is 16.5. The molecule has 1 aromatic rings. The van der Waals surface area contributed by atoms with Crippen LogP contribution in [0.15, 0.2) is 24.3 Å². The maximum absolute atomic E-state index is 10.1. The van der Waals surface area contributed by atoms with E-state index in [4.69, 9.17) is 9.47 Å². The zero-order valence-electron chi connectivity index (χ0n) is 11.0. The molecule has 0 amide bonds. The SMILES string of the molecule is COc1ccccc1OC1CCCCCCC1O. The summed E-state index contributed by atoms with van der Waals surface area (Å²) < 4.78 is 11.2. The number of benzene rings is 1. The first kappa shape index (κ1) is 13.2. The average Bonchev–Trinajstić information content (AvgIpc) is 2.39. The lowest BCUT2D eigenvalue weighted by molar-refractivity contribution is 0.0174. The maximum atomic E-state index is 10.1. The van der Waals surface area contributed by atoms with E-state index >= 15 is 0 Å². The van der Waals surface area contributed by atoms with Crippen LogP contribution in [0.2, 0.25) is 0 Å². The molecule has 0 heterocycles. The Kier molecular flexibility index (Phi) is 4.88. The molecule has 1 fully saturated rings. The summed E-state index contributed by atoms with van der Waals surface area (Å²) in [6.45, 7) is 0. The van der Waals surface area contributed by atoms with E-state index in [1.807, 2.05) is 24.3 Å². The van der Waals surface area contributed by atoms with E-state index in [-0.39, 0.29) is 12.2 Å². The van der Waals surface area contributed by atoms with Crippen molar-refractivity contribution in [2.45, 2.75) is 50.7 Å². The predicted octanol–water partition coefficient (Wildman–Crippen LogP) is 3.16. The Morgan fingerprint density at radius 1 is 1.00 bits per heavy atom. The third-order valence-corrected chi connectivity index (χ3v) is 3.52. The molecule has 1 N–H and O–H groups in total. The summed E-state index contributed by atoms with van der Waals surface area (Å²) in [7, 11) is 1.64. The van der Waals surface area contributed by atoms with Gasteiger partial charge in [0.1, 0.15) is 6.10 Å². The first-order valence-electron chi connectivity index (χ1n) is 6.79. The number of para-hydroxylation sites is 2. The van der Waals surface area contributed by atoms with E-state index in [2.05, 4.69) is 0 Å². The van der Waals surface area contributed by atoms with Gasteiger partial charge in [0.2, 0.25) is 0 Å². The van der Waals surface area contributed by atoms with Crippen LogP contribution in [-0.4, -0.2) is 24.4 Å². The van der Waals surface area contributed by atoms with Gasteiger partial charge in [-0.15, -0.1) is 0 Å². The molecule has 3 heteroatoms. The molecule has 1 aromatic carbocycles. The summed E-state index contributed by atoms with van der Waals surface area (Å²) in [5, 5.41) is 10.1. The molecular weight excluding hydrogens is 228 g/mol. The second-order valence-electron chi connectivity index (χ2n) is 4.87. The molecule has 100 valence electrons. The molecule has 1 saturated carbocycles. The van der Waals surface area contributed by atoms with Crippen molar-refractivity contribution < 1.29 is 14.6 Å². The molecule has 2 rings (SSSR count). The Labute approximate surface area is 109 Å². The summed E-state index contributed by atoms with van der Waals surface area (Å²) in [6, 6.07) is 7.61. The Morgan fingerprint density at radius 3 is 2.39 bits per heavy atom. The van der Waals surface area contributed by atoms with Crippen molar-refractivity contribution in [3.8, 4) is 11.5 Å². The van der Waals surface area contributed by atoms with Gasteiger partial charge < -0.3 is 14.6 Å². The summed E-state index contributed by atoms with van der Waals surface area (Å²) in [5.74, 6) is 1.45. The Balaban J connectivity index is 2.05. The fourth-order valence-corrected chi connectivity index (χ4v) is 2.45. The molecule has 0 aromatic heterocycles. The Morgan fingerprint density at radius 2 is 1.67 bits per heavy atom. The van der Waals surface area contributed by atoms with Crippen LogP contribution in [0.25, 0.3) is 0 Å². The third kappa shape index (κ3) is 3.39. The second kappa shape index (κ2) is 6.64. The standard InChI is InChI=1S/C15H22O3/c1-17-14-10-6-7-11-15(14)18-13-9-5-3-2-4-8-12(13)16/h6-7,10-13,16H,2-5,8-9H2,1H3. The molecule has 3 nitrogen and oxygen atoms in total. The van der Waals surface area contributed by atoms with Crippen LogP contribution in [0.5, 0.6) is 11.5 Å². The first-order chi connectivity index (χ1) is 8.81. The number of aliphatic hydroxyl groups is 1. The molecule has 1 aliphatic carbocycles. The van der Waals surface area contributed by atoms with Crippen molar-refractivity contribution >= 4 is 0 Å². The van der Waals surface area contributed by atoms with Crippen LogP contribution in [0.3, 0.4) is 0 Å². The lowest BCUT2D eigenvalue weighted by atomic mass is 9.96. The van der Waals surface area contributed by atoms with Gasteiger partial charge in [-0.1, -0.05) is 31.4 Å². The van der Waals surface area contributed by atoms with Gasteiger partial charge >= 0.3 is 0 Å². The quantitative estimate of drug-likeness (QED) is 0.895. The average molecular weight is 250 g/mol. The molecule has 18 heavy (non-hydrogen) atoms. The molecule has 0 bridgehead atoms. The largest absolute Gasteiger partial charge is 0.493 e. The molecule has 0 aliphatic heterocycles. The van der Waals surface area contributed by atoms with Crippen LogP contribution in [0.1, 0.15) is 38.5 Å². The zero-order chi connectivity index (χ0) is 12.8. The van der Waals surface area contributed by atoms with E-state index in [9.17, 15) is 5.11 Å². The highest BCUT2D eigenvalue weighted by Gasteiger charge is 2.23. The summed E-state index contributed by atoms with van der Waals surface area (Å²) in [5.41, 5.74) is 0. The van der Waals surface area contributed by atoms with E-state index in [1.165, 1.54) is 12.8 Å². The minimum atomic E-state index is -0.366. The van der Waals surface area contributed by atoms with Gasteiger partial charge in [0.05, 0.1) is 13.2 Å². The van der Waals surface area contributed by atoms with E-state index < -0.39 is 0 Å². The predicted molar refractivity (Wildman–Crippen MR) is 71.1 cm³/mol. The van der Waals surface area contributed by atoms with Gasteiger partial charge in [0.15, 0.2) is 11.5 Å². The van der Waals surface area contributed by atoms with Gasteiger partial charge in [-0.25, -0.2) is 0 Å².